The van der Waals surface area contributed by atoms with Crippen molar-refractivity contribution in [2.24, 2.45) is 0 Å². The average Bonchev–Trinajstić information content (AvgIpc) is 3.04. The summed E-state index contributed by atoms with van der Waals surface area (Å²) in [7, 11) is 0. The molecule has 0 radical (unpaired) electrons. The van der Waals surface area contributed by atoms with E-state index in [0.29, 0.717) is 24.4 Å². The zero-order chi connectivity index (χ0) is 17.6. The van der Waals surface area contributed by atoms with Crippen molar-refractivity contribution in [2.75, 3.05) is 6.61 Å². The number of amides is 1. The molecule has 1 atom stereocenters. The van der Waals surface area contributed by atoms with E-state index in [1.807, 2.05) is 13.8 Å². The molecule has 1 amide bonds. The van der Waals surface area contributed by atoms with Crippen LogP contribution in [0.25, 0.3) is 0 Å². The maximum atomic E-state index is 12.8. The number of ether oxygens (including phenoxy) is 1. The molecular weight excluding hydrogens is 313 g/mol. The molecule has 0 saturated heterocycles. The van der Waals surface area contributed by atoms with Crippen molar-refractivity contribution in [3.05, 3.63) is 53.7 Å². The van der Waals surface area contributed by atoms with Gasteiger partial charge in [-0.1, -0.05) is 6.92 Å². The number of aliphatic hydroxyl groups is 1. The number of nitrogens with one attached hydrogen (secondary N) is 1. The quantitative estimate of drug-likeness (QED) is 0.776. The van der Waals surface area contributed by atoms with Gasteiger partial charge in [-0.05, 0) is 56.2 Å². The van der Waals surface area contributed by atoms with E-state index in [-0.39, 0.29) is 30.7 Å². The molecular formula is C18H22FNO4. The molecule has 0 fully saturated rings. The van der Waals surface area contributed by atoms with Gasteiger partial charge in [0.15, 0.2) is 5.76 Å². The van der Waals surface area contributed by atoms with Gasteiger partial charge >= 0.3 is 0 Å². The number of carbonyl (C=O) groups excluding carboxylic acids is 1. The number of hydrogen-bond donors (Lipinski definition) is 2. The Morgan fingerprint density at radius 3 is 2.62 bits per heavy atom. The van der Waals surface area contributed by atoms with Gasteiger partial charge in [0.1, 0.15) is 23.9 Å². The fourth-order valence-corrected chi connectivity index (χ4v) is 2.17. The molecule has 0 aliphatic carbocycles. The van der Waals surface area contributed by atoms with Crippen LogP contribution in [-0.2, 0) is 6.61 Å². The monoisotopic (exact) mass is 335 g/mol. The van der Waals surface area contributed by atoms with Crippen molar-refractivity contribution >= 4 is 5.91 Å². The van der Waals surface area contributed by atoms with Crippen molar-refractivity contribution in [2.45, 2.75) is 38.8 Å². The van der Waals surface area contributed by atoms with E-state index < -0.39 is 5.54 Å². The van der Waals surface area contributed by atoms with Crippen LogP contribution in [0.4, 0.5) is 4.39 Å². The molecule has 0 bridgehead atoms. The minimum atomic E-state index is -0.483. The molecule has 130 valence electrons. The van der Waals surface area contributed by atoms with E-state index in [9.17, 15) is 9.18 Å². The summed E-state index contributed by atoms with van der Waals surface area (Å²) >= 11 is 0. The number of halogens is 1. The third kappa shape index (κ3) is 4.83. The Kier molecular flexibility index (Phi) is 5.98. The van der Waals surface area contributed by atoms with Gasteiger partial charge in [0.05, 0.1) is 0 Å². The normalized spacial score (nSPS) is 13.3. The molecule has 6 heteroatoms. The minimum Gasteiger partial charge on any atom is -0.486 e. The second-order valence-electron chi connectivity index (χ2n) is 5.85. The molecule has 1 aromatic heterocycles. The Labute approximate surface area is 140 Å². The molecule has 1 aromatic carbocycles. The zero-order valence-corrected chi connectivity index (χ0v) is 13.8. The summed E-state index contributed by atoms with van der Waals surface area (Å²) in [5.41, 5.74) is -0.483. The van der Waals surface area contributed by atoms with Gasteiger partial charge in [0.25, 0.3) is 5.91 Å². The van der Waals surface area contributed by atoms with Crippen LogP contribution >= 0.6 is 0 Å². The molecule has 0 aliphatic rings. The van der Waals surface area contributed by atoms with Gasteiger partial charge < -0.3 is 19.6 Å². The topological polar surface area (TPSA) is 71.7 Å². The fraction of sp³-hybridized carbons (Fsp3) is 0.389. The summed E-state index contributed by atoms with van der Waals surface area (Å²) in [4.78, 5) is 12.3. The first-order chi connectivity index (χ1) is 11.5. The molecule has 0 aliphatic heterocycles. The third-order valence-electron chi connectivity index (χ3n) is 3.94. The Morgan fingerprint density at radius 1 is 1.29 bits per heavy atom. The summed E-state index contributed by atoms with van der Waals surface area (Å²) in [5, 5.41) is 12.0. The van der Waals surface area contributed by atoms with Gasteiger partial charge in [0.2, 0.25) is 0 Å². The van der Waals surface area contributed by atoms with E-state index in [4.69, 9.17) is 14.3 Å². The largest absolute Gasteiger partial charge is 0.486 e. The molecule has 0 saturated carbocycles. The minimum absolute atomic E-state index is 0.000462. The van der Waals surface area contributed by atoms with Crippen LogP contribution in [0.3, 0.4) is 0 Å². The first-order valence-electron chi connectivity index (χ1n) is 7.86. The maximum Gasteiger partial charge on any atom is 0.287 e. The van der Waals surface area contributed by atoms with Crippen molar-refractivity contribution in [3.63, 3.8) is 0 Å². The van der Waals surface area contributed by atoms with E-state index in [1.165, 1.54) is 24.3 Å². The highest BCUT2D eigenvalue weighted by molar-refractivity contribution is 5.92. The number of aliphatic hydroxyl groups excluding tert-OH is 1. The lowest BCUT2D eigenvalue weighted by Crippen LogP contribution is -2.46. The summed E-state index contributed by atoms with van der Waals surface area (Å²) < 4.78 is 23.8. The Balaban J connectivity index is 1.94. The molecule has 2 rings (SSSR count). The Hall–Kier alpha value is -2.34. The van der Waals surface area contributed by atoms with Gasteiger partial charge in [-0.15, -0.1) is 0 Å². The van der Waals surface area contributed by atoms with Crippen LogP contribution in [-0.4, -0.2) is 23.2 Å². The van der Waals surface area contributed by atoms with Crippen LogP contribution in [0.5, 0.6) is 5.75 Å². The number of rotatable bonds is 8. The summed E-state index contributed by atoms with van der Waals surface area (Å²) in [5.74, 6) is 0.525. The summed E-state index contributed by atoms with van der Waals surface area (Å²) in [6.07, 6.45) is 1.16. The van der Waals surface area contributed by atoms with E-state index in [1.54, 1.807) is 12.1 Å². The lowest BCUT2D eigenvalue weighted by molar-refractivity contribution is 0.0853. The predicted octanol–water partition coefficient (Wildman–Crippen LogP) is 3.28. The van der Waals surface area contributed by atoms with Crippen LogP contribution in [0.1, 0.15) is 43.0 Å². The number of hydrogen-bond acceptors (Lipinski definition) is 4. The second kappa shape index (κ2) is 7.97. The number of furan rings is 1. The summed E-state index contributed by atoms with van der Waals surface area (Å²) in [6.45, 7) is 3.96. The van der Waals surface area contributed by atoms with Crippen molar-refractivity contribution in [3.8, 4) is 5.75 Å². The van der Waals surface area contributed by atoms with Crippen molar-refractivity contribution in [1.29, 1.82) is 0 Å². The van der Waals surface area contributed by atoms with E-state index >= 15 is 0 Å². The van der Waals surface area contributed by atoms with Crippen molar-refractivity contribution in [1.82, 2.24) is 5.32 Å². The van der Waals surface area contributed by atoms with Crippen LogP contribution in [0, 0.1) is 5.82 Å². The number of benzene rings is 1. The molecule has 1 unspecified atom stereocenters. The van der Waals surface area contributed by atoms with Crippen molar-refractivity contribution < 1.29 is 23.4 Å². The Morgan fingerprint density at radius 2 is 2.00 bits per heavy atom. The van der Waals surface area contributed by atoms with Gasteiger partial charge in [0, 0.05) is 12.1 Å². The SMILES string of the molecule is CCC(C)(CCO)NC(=O)c1ccc(COc2ccc(F)cc2)o1. The van der Waals surface area contributed by atoms with Gasteiger partial charge in [-0.2, -0.15) is 0 Å². The highest BCUT2D eigenvalue weighted by Gasteiger charge is 2.25. The first kappa shape index (κ1) is 18.0. The van der Waals surface area contributed by atoms with E-state index in [2.05, 4.69) is 5.32 Å². The molecule has 0 spiro atoms. The highest BCUT2D eigenvalue weighted by Crippen LogP contribution is 2.18. The van der Waals surface area contributed by atoms with Crippen LogP contribution < -0.4 is 10.1 Å². The van der Waals surface area contributed by atoms with Crippen LogP contribution in [0.2, 0.25) is 0 Å². The predicted molar refractivity (Wildman–Crippen MR) is 87.3 cm³/mol. The molecule has 5 nitrogen and oxygen atoms in total. The lowest BCUT2D eigenvalue weighted by atomic mass is 9.95. The zero-order valence-electron chi connectivity index (χ0n) is 13.8. The highest BCUT2D eigenvalue weighted by atomic mass is 19.1. The smallest absolute Gasteiger partial charge is 0.287 e. The number of carbonyl (C=O) groups is 1. The third-order valence-corrected chi connectivity index (χ3v) is 3.94. The first-order valence-corrected chi connectivity index (χ1v) is 7.86. The molecule has 2 N–H and O–H groups in total. The lowest BCUT2D eigenvalue weighted by Gasteiger charge is -2.28. The van der Waals surface area contributed by atoms with E-state index in [0.717, 1.165) is 0 Å². The fourth-order valence-electron chi connectivity index (χ4n) is 2.17. The maximum absolute atomic E-state index is 12.8. The van der Waals surface area contributed by atoms with Crippen LogP contribution in [0.15, 0.2) is 40.8 Å². The molecule has 1 heterocycles. The molecule has 2 aromatic rings. The summed E-state index contributed by atoms with van der Waals surface area (Å²) in [6, 6.07) is 8.90. The standard InChI is InChI=1S/C18H22FNO4/c1-3-18(2,10-11-21)20-17(22)16-9-8-15(24-16)12-23-14-6-4-13(19)5-7-14/h4-9,21H,3,10-12H2,1-2H3,(H,20,22). The van der Waals surface area contributed by atoms with Gasteiger partial charge in [-0.25, -0.2) is 4.39 Å². The Bertz CT molecular complexity index is 668. The molecule has 24 heavy (non-hydrogen) atoms. The van der Waals surface area contributed by atoms with Gasteiger partial charge in [-0.3, -0.25) is 4.79 Å². The average molecular weight is 335 g/mol. The second-order valence-corrected chi connectivity index (χ2v) is 5.85.